The topological polar surface area (TPSA) is 37.4 Å². The zero-order valence-corrected chi connectivity index (χ0v) is 14.0. The molecule has 1 aromatic carbocycles. The molecule has 1 aliphatic rings. The molecule has 100 valence electrons. The number of hydrogen-bond acceptors (Lipinski definition) is 2. The Morgan fingerprint density at radius 1 is 1.39 bits per heavy atom. The molecule has 0 aromatic heterocycles. The first-order valence-electron chi connectivity index (χ1n) is 5.75. The molecule has 0 saturated heterocycles. The molecule has 18 heavy (non-hydrogen) atoms. The first kappa shape index (κ1) is 14.5. The lowest BCUT2D eigenvalue weighted by Crippen LogP contribution is -2.37. The Bertz CT molecular complexity index is 527. The highest BCUT2D eigenvalue weighted by Crippen LogP contribution is 2.34. The molecule has 0 atom stereocenters. The fraction of sp³-hybridized carbons (Fsp3) is 0.500. The molecule has 1 fully saturated rings. The maximum absolute atomic E-state index is 12.3. The number of sulfonamides is 1. The molecular formula is C12H15Br2NO2S. The fourth-order valence-corrected chi connectivity index (χ4v) is 4.97. The van der Waals surface area contributed by atoms with Crippen molar-refractivity contribution in [3.05, 3.63) is 28.7 Å². The third-order valence-electron chi connectivity index (χ3n) is 3.20. The van der Waals surface area contributed by atoms with E-state index in [0.29, 0.717) is 22.2 Å². The lowest BCUT2D eigenvalue weighted by Gasteiger charge is -2.34. The predicted octanol–water partition coefficient (Wildman–Crippen LogP) is 3.24. The SMILES string of the molecule is CN(CC1CC(Br)C1)S(=O)(=O)c1cccc(Br)c1. The third kappa shape index (κ3) is 3.15. The van der Waals surface area contributed by atoms with Crippen molar-refractivity contribution in [3.63, 3.8) is 0 Å². The van der Waals surface area contributed by atoms with Crippen LogP contribution < -0.4 is 0 Å². The number of alkyl halides is 1. The molecule has 1 aliphatic carbocycles. The number of nitrogens with zero attached hydrogens (tertiary/aromatic N) is 1. The van der Waals surface area contributed by atoms with Crippen molar-refractivity contribution in [1.29, 1.82) is 0 Å². The van der Waals surface area contributed by atoms with Crippen molar-refractivity contribution in [3.8, 4) is 0 Å². The average molecular weight is 397 g/mol. The average Bonchev–Trinajstić information content (AvgIpc) is 2.26. The maximum Gasteiger partial charge on any atom is 0.242 e. The summed E-state index contributed by atoms with van der Waals surface area (Å²) in [5.41, 5.74) is 0. The van der Waals surface area contributed by atoms with Gasteiger partial charge in [-0.2, -0.15) is 0 Å². The molecule has 0 amide bonds. The van der Waals surface area contributed by atoms with Crippen LogP contribution in [0.15, 0.2) is 33.6 Å². The Labute approximate surface area is 125 Å². The van der Waals surface area contributed by atoms with Crippen molar-refractivity contribution < 1.29 is 8.42 Å². The lowest BCUT2D eigenvalue weighted by molar-refractivity contribution is 0.275. The number of rotatable bonds is 4. The molecule has 0 spiro atoms. The van der Waals surface area contributed by atoms with E-state index in [4.69, 9.17) is 0 Å². The molecule has 3 nitrogen and oxygen atoms in total. The molecule has 0 bridgehead atoms. The first-order chi connectivity index (χ1) is 8.39. The zero-order chi connectivity index (χ0) is 13.3. The summed E-state index contributed by atoms with van der Waals surface area (Å²) in [6, 6.07) is 6.83. The van der Waals surface area contributed by atoms with Crippen molar-refractivity contribution >= 4 is 41.9 Å². The van der Waals surface area contributed by atoms with Gasteiger partial charge < -0.3 is 0 Å². The van der Waals surface area contributed by atoms with Gasteiger partial charge in [-0.3, -0.25) is 0 Å². The van der Waals surface area contributed by atoms with Crippen LogP contribution in [0.3, 0.4) is 0 Å². The van der Waals surface area contributed by atoms with Crippen LogP contribution in [-0.4, -0.2) is 31.1 Å². The second kappa shape index (κ2) is 5.61. The highest BCUT2D eigenvalue weighted by molar-refractivity contribution is 9.10. The van der Waals surface area contributed by atoms with Crippen LogP contribution in [0.4, 0.5) is 0 Å². The van der Waals surface area contributed by atoms with Gasteiger partial charge in [0.2, 0.25) is 10.0 Å². The zero-order valence-electron chi connectivity index (χ0n) is 10.0. The van der Waals surface area contributed by atoms with Gasteiger partial charge in [0.15, 0.2) is 0 Å². The number of halogens is 2. The monoisotopic (exact) mass is 395 g/mol. The van der Waals surface area contributed by atoms with E-state index in [9.17, 15) is 8.42 Å². The molecule has 0 unspecified atom stereocenters. The van der Waals surface area contributed by atoms with E-state index in [1.54, 1.807) is 25.2 Å². The van der Waals surface area contributed by atoms with Crippen molar-refractivity contribution in [2.45, 2.75) is 22.6 Å². The summed E-state index contributed by atoms with van der Waals surface area (Å²) in [6.45, 7) is 0.594. The molecule has 0 heterocycles. The maximum atomic E-state index is 12.3. The van der Waals surface area contributed by atoms with E-state index in [1.165, 1.54) is 4.31 Å². The van der Waals surface area contributed by atoms with Crippen LogP contribution in [-0.2, 0) is 10.0 Å². The van der Waals surface area contributed by atoms with Crippen LogP contribution >= 0.6 is 31.9 Å². The van der Waals surface area contributed by atoms with Crippen molar-refractivity contribution in [2.24, 2.45) is 5.92 Å². The molecule has 6 heteroatoms. The summed E-state index contributed by atoms with van der Waals surface area (Å²) < 4.78 is 26.9. The van der Waals surface area contributed by atoms with Gasteiger partial charge in [-0.1, -0.05) is 37.9 Å². The Kier molecular flexibility index (Phi) is 4.52. The largest absolute Gasteiger partial charge is 0.242 e. The van der Waals surface area contributed by atoms with Gasteiger partial charge in [0.25, 0.3) is 0 Å². The standard InChI is InChI=1S/C12H15Br2NO2S/c1-15(8-9-5-11(14)6-9)18(16,17)12-4-2-3-10(13)7-12/h2-4,7,9,11H,5-6,8H2,1H3. The highest BCUT2D eigenvalue weighted by Gasteiger charge is 2.31. The second-order valence-electron chi connectivity index (χ2n) is 4.68. The first-order valence-corrected chi connectivity index (χ1v) is 8.90. The molecule has 2 rings (SSSR count). The quantitative estimate of drug-likeness (QED) is 0.732. The Balaban J connectivity index is 2.10. The smallest absolute Gasteiger partial charge is 0.207 e. The summed E-state index contributed by atoms with van der Waals surface area (Å²) >= 11 is 6.82. The van der Waals surface area contributed by atoms with Gasteiger partial charge in [-0.05, 0) is 37.0 Å². The van der Waals surface area contributed by atoms with Gasteiger partial charge in [0.1, 0.15) is 0 Å². The molecule has 0 N–H and O–H groups in total. The summed E-state index contributed by atoms with van der Waals surface area (Å²) in [5, 5.41) is 0. The number of hydrogen-bond donors (Lipinski definition) is 0. The predicted molar refractivity (Wildman–Crippen MR) is 79.4 cm³/mol. The summed E-state index contributed by atoms with van der Waals surface area (Å²) in [6.07, 6.45) is 2.11. The van der Waals surface area contributed by atoms with Crippen LogP contribution in [0.1, 0.15) is 12.8 Å². The van der Waals surface area contributed by atoms with E-state index in [1.807, 2.05) is 6.07 Å². The van der Waals surface area contributed by atoms with E-state index in [0.717, 1.165) is 17.3 Å². The van der Waals surface area contributed by atoms with E-state index in [2.05, 4.69) is 31.9 Å². The third-order valence-corrected chi connectivity index (χ3v) is 6.26. The van der Waals surface area contributed by atoms with Gasteiger partial charge >= 0.3 is 0 Å². The van der Waals surface area contributed by atoms with Crippen molar-refractivity contribution in [2.75, 3.05) is 13.6 Å². The minimum atomic E-state index is -3.36. The minimum absolute atomic E-state index is 0.342. The normalized spacial score (nSPS) is 24.0. The number of benzene rings is 1. The van der Waals surface area contributed by atoms with Gasteiger partial charge in [-0.15, -0.1) is 0 Å². The van der Waals surface area contributed by atoms with Crippen molar-refractivity contribution in [1.82, 2.24) is 4.31 Å². The van der Waals surface area contributed by atoms with Gasteiger partial charge in [0, 0.05) is 22.9 Å². The molecule has 1 aromatic rings. The second-order valence-corrected chi connectivity index (χ2v) is 8.93. The van der Waals surface area contributed by atoms with Crippen LogP contribution in [0.5, 0.6) is 0 Å². The van der Waals surface area contributed by atoms with Crippen LogP contribution in [0.25, 0.3) is 0 Å². The minimum Gasteiger partial charge on any atom is -0.207 e. The lowest BCUT2D eigenvalue weighted by atomic mass is 9.85. The Hall–Kier alpha value is 0.0900. The fourth-order valence-electron chi connectivity index (χ4n) is 2.07. The summed E-state index contributed by atoms with van der Waals surface area (Å²) in [7, 11) is -1.71. The van der Waals surface area contributed by atoms with E-state index >= 15 is 0 Å². The van der Waals surface area contributed by atoms with Crippen LogP contribution in [0, 0.1) is 5.92 Å². The molecule has 0 aliphatic heterocycles. The molecule has 1 saturated carbocycles. The highest BCUT2D eigenvalue weighted by atomic mass is 79.9. The van der Waals surface area contributed by atoms with E-state index < -0.39 is 10.0 Å². The Morgan fingerprint density at radius 2 is 2.06 bits per heavy atom. The summed E-state index contributed by atoms with van der Waals surface area (Å²) in [5.74, 6) is 0.473. The summed E-state index contributed by atoms with van der Waals surface area (Å²) in [4.78, 5) is 0.901. The Morgan fingerprint density at radius 3 is 2.61 bits per heavy atom. The van der Waals surface area contributed by atoms with Gasteiger partial charge in [0.05, 0.1) is 4.90 Å². The van der Waals surface area contributed by atoms with Crippen LogP contribution in [0.2, 0.25) is 0 Å². The molecule has 0 radical (unpaired) electrons. The van der Waals surface area contributed by atoms with E-state index in [-0.39, 0.29) is 0 Å². The van der Waals surface area contributed by atoms with Gasteiger partial charge in [-0.25, -0.2) is 12.7 Å². The molecular weight excluding hydrogens is 382 g/mol.